The van der Waals surface area contributed by atoms with E-state index in [9.17, 15) is 4.79 Å². The predicted molar refractivity (Wildman–Crippen MR) is 118 cm³/mol. The molecule has 5 heteroatoms. The fourth-order valence-corrected chi connectivity index (χ4v) is 3.08. The Bertz CT molecular complexity index is 356. The van der Waals surface area contributed by atoms with E-state index in [1.54, 1.807) is 7.11 Å². The fraction of sp³-hybridized carbons (Fsp3) is 0.913. The quantitative estimate of drug-likeness (QED) is 0.235. The Kier molecular flexibility index (Phi) is 17.7. The van der Waals surface area contributed by atoms with E-state index >= 15 is 0 Å². The van der Waals surface area contributed by atoms with Crippen LogP contribution in [0.3, 0.4) is 0 Å². The highest BCUT2D eigenvalue weighted by atomic mass is 16.6. The minimum atomic E-state index is -0.333. The summed E-state index contributed by atoms with van der Waals surface area (Å²) in [6.45, 7) is 4.22. The number of hydrogen-bond acceptors (Lipinski definition) is 3. The number of nitrogens with zero attached hydrogens (tertiary/aromatic N) is 1. The van der Waals surface area contributed by atoms with E-state index in [2.05, 4.69) is 39.8 Å². The van der Waals surface area contributed by atoms with Crippen LogP contribution in [0.4, 0.5) is 4.79 Å². The van der Waals surface area contributed by atoms with Crippen molar-refractivity contribution in [2.75, 3.05) is 47.9 Å². The standard InChI is InChI=1S/C23H47N2O3/c1-6-7-8-9-10-11-12-13-14-15-16-19-24-23(26)28-21-22(27-5)18-17-20-25(2,3)4/h17,22H,6-16,18-21H2,1-5H3/p+1. The van der Waals surface area contributed by atoms with Gasteiger partial charge in [-0.2, -0.15) is 0 Å². The fourth-order valence-electron chi connectivity index (χ4n) is 3.08. The van der Waals surface area contributed by atoms with Gasteiger partial charge in [-0.3, -0.25) is 0 Å². The minimum absolute atomic E-state index is 0.0701. The molecule has 5 nitrogen and oxygen atoms in total. The highest BCUT2D eigenvalue weighted by Gasteiger charge is 2.14. The van der Waals surface area contributed by atoms with Crippen LogP contribution in [0.15, 0.2) is 0 Å². The average Bonchev–Trinajstić information content (AvgIpc) is 2.64. The molecule has 0 aromatic carbocycles. The zero-order valence-electron chi connectivity index (χ0n) is 19.4. The van der Waals surface area contributed by atoms with E-state index in [-0.39, 0.29) is 12.2 Å². The molecule has 1 atom stereocenters. The molecule has 1 N–H and O–H groups in total. The van der Waals surface area contributed by atoms with Crippen molar-refractivity contribution in [3.63, 3.8) is 0 Å². The molecule has 28 heavy (non-hydrogen) atoms. The number of quaternary nitrogens is 1. The molecule has 0 aliphatic carbocycles. The number of amides is 1. The Hall–Kier alpha value is -0.810. The van der Waals surface area contributed by atoms with E-state index < -0.39 is 0 Å². The van der Waals surface area contributed by atoms with E-state index in [4.69, 9.17) is 9.47 Å². The zero-order chi connectivity index (χ0) is 21.1. The molecule has 1 radical (unpaired) electrons. The van der Waals surface area contributed by atoms with Crippen LogP contribution in [0.5, 0.6) is 0 Å². The van der Waals surface area contributed by atoms with Crippen LogP contribution in [0, 0.1) is 6.42 Å². The van der Waals surface area contributed by atoms with E-state index in [0.717, 1.165) is 23.9 Å². The molecule has 0 aromatic heterocycles. The summed E-state index contributed by atoms with van der Waals surface area (Å²) in [5, 5.41) is 2.84. The highest BCUT2D eigenvalue weighted by Crippen LogP contribution is 2.11. The van der Waals surface area contributed by atoms with E-state index in [1.807, 2.05) is 0 Å². The van der Waals surface area contributed by atoms with Crippen LogP contribution in [0.2, 0.25) is 0 Å². The summed E-state index contributed by atoms with van der Waals surface area (Å²) in [6.07, 6.45) is 17.0. The van der Waals surface area contributed by atoms with Crippen LogP contribution in [-0.2, 0) is 9.47 Å². The van der Waals surface area contributed by atoms with Gasteiger partial charge in [0, 0.05) is 20.1 Å². The third kappa shape index (κ3) is 19.9. The largest absolute Gasteiger partial charge is 0.447 e. The van der Waals surface area contributed by atoms with Gasteiger partial charge in [0.05, 0.1) is 33.8 Å². The summed E-state index contributed by atoms with van der Waals surface area (Å²) in [5.74, 6) is 0. The average molecular weight is 401 g/mol. The zero-order valence-corrected chi connectivity index (χ0v) is 19.4. The van der Waals surface area contributed by atoms with Gasteiger partial charge in [-0.1, -0.05) is 71.1 Å². The van der Waals surface area contributed by atoms with Crippen molar-refractivity contribution in [2.24, 2.45) is 0 Å². The number of methoxy groups -OCH3 is 1. The second-order valence-corrected chi connectivity index (χ2v) is 8.92. The second-order valence-electron chi connectivity index (χ2n) is 8.92. The molecule has 0 saturated carbocycles. The van der Waals surface area contributed by atoms with Gasteiger partial charge >= 0.3 is 6.09 Å². The number of carbonyl (C=O) groups is 1. The van der Waals surface area contributed by atoms with Crippen molar-refractivity contribution in [2.45, 2.75) is 90.1 Å². The maximum absolute atomic E-state index is 11.8. The number of alkyl carbamates (subject to hydrolysis) is 1. The van der Waals surface area contributed by atoms with Gasteiger partial charge in [-0.25, -0.2) is 4.79 Å². The Morgan fingerprint density at radius 3 is 1.96 bits per heavy atom. The molecule has 0 fully saturated rings. The van der Waals surface area contributed by atoms with Crippen molar-refractivity contribution in [3.8, 4) is 0 Å². The van der Waals surface area contributed by atoms with Gasteiger partial charge in [0.25, 0.3) is 0 Å². The van der Waals surface area contributed by atoms with Crippen LogP contribution < -0.4 is 5.32 Å². The van der Waals surface area contributed by atoms with Crippen LogP contribution in [-0.4, -0.2) is 64.6 Å². The normalized spacial score (nSPS) is 12.8. The highest BCUT2D eigenvalue weighted by molar-refractivity contribution is 5.67. The van der Waals surface area contributed by atoms with E-state index in [0.29, 0.717) is 13.2 Å². The predicted octanol–water partition coefficient (Wildman–Crippen LogP) is 5.34. The lowest BCUT2D eigenvalue weighted by molar-refractivity contribution is -0.866. The summed E-state index contributed by atoms with van der Waals surface area (Å²) in [7, 11) is 8.11. The molecule has 0 aliphatic rings. The molecular weight excluding hydrogens is 352 g/mol. The summed E-state index contributed by atoms with van der Waals surface area (Å²) >= 11 is 0. The SMILES string of the molecule is CCCCCCCCCCCCCNC(=O)OCC(C[CH]C[N+](C)(C)C)OC. The van der Waals surface area contributed by atoms with Crippen molar-refractivity contribution in [3.05, 3.63) is 6.42 Å². The van der Waals surface area contributed by atoms with Gasteiger partial charge < -0.3 is 19.3 Å². The summed E-state index contributed by atoms with van der Waals surface area (Å²) < 4.78 is 11.6. The monoisotopic (exact) mass is 400 g/mol. The number of nitrogens with one attached hydrogen (secondary N) is 1. The molecule has 0 saturated heterocycles. The van der Waals surface area contributed by atoms with Gasteiger partial charge in [-0.05, 0) is 12.8 Å². The molecular formula is C23H48N2O3+. The van der Waals surface area contributed by atoms with Crippen LogP contribution >= 0.6 is 0 Å². The first-order valence-electron chi connectivity index (χ1n) is 11.4. The number of unbranched alkanes of at least 4 members (excludes halogenated alkanes) is 10. The van der Waals surface area contributed by atoms with Crippen molar-refractivity contribution in [1.29, 1.82) is 0 Å². The molecule has 0 spiro atoms. The topological polar surface area (TPSA) is 47.6 Å². The third-order valence-corrected chi connectivity index (χ3v) is 4.89. The van der Waals surface area contributed by atoms with E-state index in [1.165, 1.54) is 64.2 Å². The lowest BCUT2D eigenvalue weighted by Gasteiger charge is -2.24. The molecule has 0 bridgehead atoms. The first-order chi connectivity index (χ1) is 13.4. The second kappa shape index (κ2) is 18.2. The molecule has 0 heterocycles. The van der Waals surface area contributed by atoms with Gasteiger partial charge in [0.2, 0.25) is 0 Å². The third-order valence-electron chi connectivity index (χ3n) is 4.89. The van der Waals surface area contributed by atoms with Gasteiger partial charge in [0.1, 0.15) is 6.61 Å². The smallest absolute Gasteiger partial charge is 0.407 e. The van der Waals surface area contributed by atoms with Crippen molar-refractivity contribution < 1.29 is 18.8 Å². The van der Waals surface area contributed by atoms with Crippen LogP contribution in [0.1, 0.15) is 84.0 Å². The number of rotatable bonds is 19. The maximum Gasteiger partial charge on any atom is 0.407 e. The van der Waals surface area contributed by atoms with Crippen molar-refractivity contribution in [1.82, 2.24) is 5.32 Å². The van der Waals surface area contributed by atoms with Gasteiger partial charge in [-0.15, -0.1) is 0 Å². The molecule has 1 unspecified atom stereocenters. The molecule has 0 aromatic rings. The minimum Gasteiger partial charge on any atom is -0.447 e. The summed E-state index contributed by atoms with van der Waals surface area (Å²) in [5.41, 5.74) is 0. The number of hydrogen-bond donors (Lipinski definition) is 1. The molecule has 1 amide bonds. The Morgan fingerprint density at radius 1 is 0.929 bits per heavy atom. The summed E-state index contributed by atoms with van der Waals surface area (Å²) in [6, 6.07) is 0. The lowest BCUT2D eigenvalue weighted by Crippen LogP contribution is -2.36. The Labute approximate surface area is 175 Å². The Balaban J connectivity index is 3.46. The summed E-state index contributed by atoms with van der Waals surface area (Å²) in [4.78, 5) is 11.8. The van der Waals surface area contributed by atoms with Gasteiger partial charge in [0.15, 0.2) is 0 Å². The molecule has 167 valence electrons. The van der Waals surface area contributed by atoms with Crippen molar-refractivity contribution >= 4 is 6.09 Å². The molecule has 0 rings (SSSR count). The molecule has 0 aliphatic heterocycles. The lowest BCUT2D eigenvalue weighted by atomic mass is 10.1. The first kappa shape index (κ1) is 27.2. The maximum atomic E-state index is 11.8. The number of carbonyl (C=O) groups excluding carboxylic acids is 1. The number of ether oxygens (including phenoxy) is 2. The first-order valence-corrected chi connectivity index (χ1v) is 11.4. The Morgan fingerprint density at radius 2 is 1.46 bits per heavy atom. The van der Waals surface area contributed by atoms with Crippen LogP contribution in [0.25, 0.3) is 0 Å².